The van der Waals surface area contributed by atoms with Crippen molar-refractivity contribution in [2.24, 2.45) is 11.7 Å². The van der Waals surface area contributed by atoms with Crippen molar-refractivity contribution in [3.63, 3.8) is 0 Å². The smallest absolute Gasteiger partial charge is 0.242 e. The van der Waals surface area contributed by atoms with Gasteiger partial charge in [-0.2, -0.15) is 0 Å². The maximum atomic E-state index is 12.4. The Morgan fingerprint density at radius 1 is 1.42 bits per heavy atom. The summed E-state index contributed by atoms with van der Waals surface area (Å²) in [4.78, 5) is 14.3. The maximum absolute atomic E-state index is 12.4. The first-order chi connectivity index (χ1) is 8.51. The summed E-state index contributed by atoms with van der Waals surface area (Å²) in [7, 11) is 0. The van der Waals surface area contributed by atoms with Crippen molar-refractivity contribution >= 4 is 18.3 Å². The van der Waals surface area contributed by atoms with Gasteiger partial charge < -0.3 is 15.4 Å². The van der Waals surface area contributed by atoms with E-state index < -0.39 is 5.54 Å². The molecule has 0 bridgehead atoms. The van der Waals surface area contributed by atoms with E-state index in [0.29, 0.717) is 5.92 Å². The topological polar surface area (TPSA) is 55.6 Å². The van der Waals surface area contributed by atoms with Gasteiger partial charge in [0.15, 0.2) is 0 Å². The van der Waals surface area contributed by atoms with E-state index in [2.05, 4.69) is 13.8 Å². The number of amides is 1. The van der Waals surface area contributed by atoms with Crippen LogP contribution < -0.4 is 5.73 Å². The summed E-state index contributed by atoms with van der Waals surface area (Å²) >= 11 is 0. The van der Waals surface area contributed by atoms with Crippen LogP contribution in [0.2, 0.25) is 0 Å². The van der Waals surface area contributed by atoms with Gasteiger partial charge in [0.1, 0.15) is 0 Å². The summed E-state index contributed by atoms with van der Waals surface area (Å²) < 4.78 is 5.81. The van der Waals surface area contributed by atoms with Gasteiger partial charge in [-0.3, -0.25) is 4.79 Å². The zero-order valence-electron chi connectivity index (χ0n) is 12.1. The van der Waals surface area contributed by atoms with E-state index in [1.165, 1.54) is 0 Å². The highest BCUT2D eigenvalue weighted by Gasteiger charge is 2.41. The number of nitrogens with two attached hydrogens (primary N) is 1. The normalized spacial score (nSPS) is 25.7. The van der Waals surface area contributed by atoms with Crippen LogP contribution in [0, 0.1) is 5.92 Å². The zero-order valence-corrected chi connectivity index (χ0v) is 12.9. The molecule has 0 aromatic carbocycles. The average Bonchev–Trinajstić information content (AvgIpc) is 2.95. The van der Waals surface area contributed by atoms with E-state index in [1.54, 1.807) is 0 Å². The van der Waals surface area contributed by atoms with Crippen molar-refractivity contribution in [3.8, 4) is 0 Å². The fraction of sp³-hybridized carbons (Fsp3) is 0.929. The third-order valence-electron chi connectivity index (χ3n) is 4.02. The second-order valence-corrected chi connectivity index (χ2v) is 6.25. The number of rotatable bonds is 4. The molecule has 0 radical (unpaired) electrons. The second-order valence-electron chi connectivity index (χ2n) is 6.25. The van der Waals surface area contributed by atoms with E-state index in [1.807, 2.05) is 4.90 Å². The molecule has 2 aliphatic rings. The van der Waals surface area contributed by atoms with Crippen molar-refractivity contribution in [2.75, 3.05) is 19.7 Å². The number of halogens is 1. The number of carbonyl (C=O) groups is 1. The molecule has 1 saturated carbocycles. The van der Waals surface area contributed by atoms with Gasteiger partial charge in [-0.05, 0) is 25.2 Å². The van der Waals surface area contributed by atoms with E-state index in [0.717, 1.165) is 51.8 Å². The molecule has 2 rings (SSSR count). The SMILES string of the molecule is CC(C)COC1CCN(C(=O)C2(N)CCCC2)C1.Cl. The molecule has 4 nitrogen and oxygen atoms in total. The molecule has 1 saturated heterocycles. The average molecular weight is 291 g/mol. The molecule has 1 heterocycles. The van der Waals surface area contributed by atoms with Gasteiger partial charge in [0.2, 0.25) is 5.91 Å². The monoisotopic (exact) mass is 290 g/mol. The lowest BCUT2D eigenvalue weighted by Gasteiger charge is -2.28. The molecule has 0 spiro atoms. The first-order valence-electron chi connectivity index (χ1n) is 7.21. The summed E-state index contributed by atoms with van der Waals surface area (Å²) in [5, 5.41) is 0. The van der Waals surface area contributed by atoms with Crippen LogP contribution in [0.1, 0.15) is 46.0 Å². The molecule has 0 aromatic rings. The Kier molecular flexibility index (Phi) is 6.09. The molecule has 1 atom stereocenters. The van der Waals surface area contributed by atoms with E-state index >= 15 is 0 Å². The molecule has 1 amide bonds. The predicted molar refractivity (Wildman–Crippen MR) is 78.4 cm³/mol. The Morgan fingerprint density at radius 3 is 2.63 bits per heavy atom. The lowest BCUT2D eigenvalue weighted by molar-refractivity contribution is -0.136. The highest BCUT2D eigenvalue weighted by Crippen LogP contribution is 2.30. The van der Waals surface area contributed by atoms with Crippen molar-refractivity contribution in [2.45, 2.75) is 57.6 Å². The van der Waals surface area contributed by atoms with Crippen molar-refractivity contribution in [1.82, 2.24) is 4.90 Å². The van der Waals surface area contributed by atoms with Gasteiger partial charge >= 0.3 is 0 Å². The summed E-state index contributed by atoms with van der Waals surface area (Å²) in [5.41, 5.74) is 5.64. The first kappa shape index (κ1) is 16.7. The summed E-state index contributed by atoms with van der Waals surface area (Å²) in [5.74, 6) is 0.695. The zero-order chi connectivity index (χ0) is 13.2. The Bertz CT molecular complexity index is 304. The number of carbonyl (C=O) groups excluding carboxylic acids is 1. The molecular weight excluding hydrogens is 264 g/mol. The summed E-state index contributed by atoms with van der Waals surface area (Å²) in [6.45, 7) is 6.60. The van der Waals surface area contributed by atoms with Crippen molar-refractivity contribution in [3.05, 3.63) is 0 Å². The Balaban J connectivity index is 0.00000180. The number of ether oxygens (including phenoxy) is 1. The highest BCUT2D eigenvalue weighted by atomic mass is 35.5. The fourth-order valence-corrected chi connectivity index (χ4v) is 2.91. The van der Waals surface area contributed by atoms with Crippen LogP contribution in [-0.4, -0.2) is 42.1 Å². The van der Waals surface area contributed by atoms with Crippen LogP contribution in [-0.2, 0) is 9.53 Å². The molecule has 1 unspecified atom stereocenters. The number of hydrogen-bond donors (Lipinski definition) is 1. The Labute approximate surface area is 122 Å². The molecule has 2 N–H and O–H groups in total. The highest BCUT2D eigenvalue weighted by molar-refractivity contribution is 5.86. The minimum atomic E-state index is -0.576. The fourth-order valence-electron chi connectivity index (χ4n) is 2.91. The minimum absolute atomic E-state index is 0. The predicted octanol–water partition coefficient (Wildman–Crippen LogP) is 1.95. The molecule has 1 aliphatic heterocycles. The second kappa shape index (κ2) is 6.91. The molecule has 2 fully saturated rings. The molecule has 0 aromatic heterocycles. The third-order valence-corrected chi connectivity index (χ3v) is 4.02. The van der Waals surface area contributed by atoms with Crippen LogP contribution in [0.25, 0.3) is 0 Å². The lowest BCUT2D eigenvalue weighted by Crippen LogP contribution is -2.53. The quantitative estimate of drug-likeness (QED) is 0.861. The maximum Gasteiger partial charge on any atom is 0.242 e. The van der Waals surface area contributed by atoms with Gasteiger partial charge in [0.25, 0.3) is 0 Å². The van der Waals surface area contributed by atoms with Crippen LogP contribution in [0.3, 0.4) is 0 Å². The molecule has 5 heteroatoms. The van der Waals surface area contributed by atoms with Gasteiger partial charge in [0.05, 0.1) is 11.6 Å². The van der Waals surface area contributed by atoms with Gasteiger partial charge in [-0.1, -0.05) is 26.7 Å². The number of hydrogen-bond acceptors (Lipinski definition) is 3. The Morgan fingerprint density at radius 2 is 2.05 bits per heavy atom. The van der Waals surface area contributed by atoms with Crippen LogP contribution in [0.4, 0.5) is 0 Å². The van der Waals surface area contributed by atoms with Crippen LogP contribution in [0.15, 0.2) is 0 Å². The first-order valence-corrected chi connectivity index (χ1v) is 7.21. The molecule has 19 heavy (non-hydrogen) atoms. The third kappa shape index (κ3) is 4.07. The number of likely N-dealkylation sites (tertiary alicyclic amines) is 1. The van der Waals surface area contributed by atoms with Crippen molar-refractivity contribution < 1.29 is 9.53 Å². The van der Waals surface area contributed by atoms with Crippen molar-refractivity contribution in [1.29, 1.82) is 0 Å². The van der Waals surface area contributed by atoms with Gasteiger partial charge in [-0.25, -0.2) is 0 Å². The largest absolute Gasteiger partial charge is 0.376 e. The van der Waals surface area contributed by atoms with Gasteiger partial charge in [-0.15, -0.1) is 12.4 Å². The van der Waals surface area contributed by atoms with Crippen LogP contribution >= 0.6 is 12.4 Å². The number of nitrogens with zero attached hydrogens (tertiary/aromatic N) is 1. The van der Waals surface area contributed by atoms with Gasteiger partial charge in [0, 0.05) is 19.7 Å². The minimum Gasteiger partial charge on any atom is -0.376 e. The standard InChI is InChI=1S/C14H26N2O2.ClH/c1-11(2)10-18-12-5-8-16(9-12)13(17)14(15)6-3-4-7-14;/h11-12H,3-10,15H2,1-2H3;1H. The lowest BCUT2D eigenvalue weighted by atomic mass is 9.97. The summed E-state index contributed by atoms with van der Waals surface area (Å²) in [6, 6.07) is 0. The molecular formula is C14H27ClN2O2. The molecule has 112 valence electrons. The molecule has 1 aliphatic carbocycles. The van der Waals surface area contributed by atoms with Crippen LogP contribution in [0.5, 0.6) is 0 Å². The van der Waals surface area contributed by atoms with E-state index in [9.17, 15) is 4.79 Å². The van der Waals surface area contributed by atoms with E-state index in [4.69, 9.17) is 10.5 Å². The van der Waals surface area contributed by atoms with E-state index in [-0.39, 0.29) is 24.4 Å². The Hall–Kier alpha value is -0.320. The summed E-state index contributed by atoms with van der Waals surface area (Å²) in [6.07, 6.45) is 5.03.